The molecule has 0 aliphatic carbocycles. The average molecular weight is 301 g/mol. The third-order valence-electron chi connectivity index (χ3n) is 3.34. The van der Waals surface area contributed by atoms with Gasteiger partial charge in [0.2, 0.25) is 0 Å². The van der Waals surface area contributed by atoms with Gasteiger partial charge in [0, 0.05) is 0 Å². The lowest BCUT2D eigenvalue weighted by atomic mass is 10.1. The van der Waals surface area contributed by atoms with Crippen molar-refractivity contribution in [2.24, 2.45) is 0 Å². The van der Waals surface area contributed by atoms with Crippen molar-refractivity contribution in [1.82, 2.24) is 4.90 Å². The first kappa shape index (κ1) is 13.5. The van der Waals surface area contributed by atoms with Crippen molar-refractivity contribution in [3.05, 3.63) is 65.2 Å². The third-order valence-corrected chi connectivity index (χ3v) is 4.04. The summed E-state index contributed by atoms with van der Waals surface area (Å²) in [4.78, 5) is 25.7. The lowest BCUT2D eigenvalue weighted by Crippen LogP contribution is -2.29. The number of fused-ring (bicyclic) bond motifs is 1. The second-order valence-electron chi connectivity index (χ2n) is 4.67. The summed E-state index contributed by atoms with van der Waals surface area (Å²) in [5.74, 6) is -0.708. The van der Waals surface area contributed by atoms with Gasteiger partial charge >= 0.3 is 0 Å². The molecule has 6 heteroatoms. The topological polar surface area (TPSA) is 71.5 Å². The first-order valence-electron chi connectivity index (χ1n) is 6.26. The Morgan fingerprint density at radius 3 is 2.05 bits per heavy atom. The van der Waals surface area contributed by atoms with E-state index in [4.69, 9.17) is 0 Å². The molecule has 106 valence electrons. The monoisotopic (exact) mass is 301 g/mol. The predicted molar refractivity (Wildman–Crippen MR) is 75.7 cm³/mol. The highest BCUT2D eigenvalue weighted by Gasteiger charge is 2.34. The number of imide groups is 1. The molecular formula is C15H11NO4S. The molecule has 0 fully saturated rings. The number of carbonyl (C=O) groups is 2. The van der Waals surface area contributed by atoms with E-state index >= 15 is 0 Å². The second-order valence-corrected chi connectivity index (χ2v) is 5.70. The van der Waals surface area contributed by atoms with Crippen molar-refractivity contribution in [2.45, 2.75) is 11.4 Å². The van der Waals surface area contributed by atoms with E-state index in [0.29, 0.717) is 16.7 Å². The first-order chi connectivity index (χ1) is 10.1. The maximum atomic E-state index is 12.2. The predicted octanol–water partition coefficient (Wildman–Crippen LogP) is 1.45. The summed E-state index contributed by atoms with van der Waals surface area (Å²) in [5.41, 5.74) is 1.36. The Kier molecular flexibility index (Phi) is 3.31. The van der Waals surface area contributed by atoms with Gasteiger partial charge < -0.3 is 0 Å². The molecule has 1 aliphatic heterocycles. The normalized spacial score (nSPS) is 13.9. The van der Waals surface area contributed by atoms with Crippen LogP contribution >= 0.6 is 0 Å². The Hall–Kier alpha value is -2.47. The molecule has 2 amide bonds. The molecule has 0 saturated heterocycles. The van der Waals surface area contributed by atoms with Gasteiger partial charge in [0.15, 0.2) is 10.7 Å². The van der Waals surface area contributed by atoms with Gasteiger partial charge in [-0.1, -0.05) is 24.3 Å². The standard InChI is InChI=1S/C15H11NO4S/c17-14-12-6-1-2-7-13(12)15(18)16(14)9-10-4-3-5-11(8-10)21(19)20/h1-8,21H,9H2. The average Bonchev–Trinajstić information content (AvgIpc) is 2.73. The summed E-state index contributed by atoms with van der Waals surface area (Å²) in [6.45, 7) is 0.0589. The molecule has 0 unspecified atom stereocenters. The molecule has 2 aromatic carbocycles. The third kappa shape index (κ3) is 2.34. The van der Waals surface area contributed by atoms with Gasteiger partial charge in [0.05, 0.1) is 22.6 Å². The van der Waals surface area contributed by atoms with Crippen LogP contribution in [0.4, 0.5) is 0 Å². The van der Waals surface area contributed by atoms with Crippen molar-refractivity contribution < 1.29 is 18.0 Å². The Balaban J connectivity index is 1.92. The van der Waals surface area contributed by atoms with Gasteiger partial charge in [-0.2, -0.15) is 0 Å². The van der Waals surface area contributed by atoms with Gasteiger partial charge in [-0.15, -0.1) is 0 Å². The van der Waals surface area contributed by atoms with Crippen LogP contribution in [0.2, 0.25) is 0 Å². The van der Waals surface area contributed by atoms with E-state index in [1.807, 2.05) is 0 Å². The van der Waals surface area contributed by atoms with E-state index in [0.717, 1.165) is 4.90 Å². The zero-order chi connectivity index (χ0) is 15.0. The molecule has 0 bridgehead atoms. The van der Waals surface area contributed by atoms with Crippen molar-refractivity contribution in [3.63, 3.8) is 0 Å². The lowest BCUT2D eigenvalue weighted by molar-refractivity contribution is 0.0642. The van der Waals surface area contributed by atoms with Crippen LogP contribution in [0.3, 0.4) is 0 Å². The number of amides is 2. The molecule has 0 radical (unpaired) electrons. The Morgan fingerprint density at radius 1 is 0.857 bits per heavy atom. The summed E-state index contributed by atoms with van der Waals surface area (Å²) >= 11 is 0. The van der Waals surface area contributed by atoms with Gasteiger partial charge in [-0.05, 0) is 29.8 Å². The largest absolute Gasteiger partial charge is 0.270 e. The Labute approximate surface area is 122 Å². The van der Waals surface area contributed by atoms with Crippen LogP contribution in [0.1, 0.15) is 26.3 Å². The van der Waals surface area contributed by atoms with Gasteiger partial charge in [-0.25, -0.2) is 8.42 Å². The number of benzene rings is 2. The zero-order valence-corrected chi connectivity index (χ0v) is 11.7. The lowest BCUT2D eigenvalue weighted by Gasteiger charge is -2.13. The summed E-state index contributed by atoms with van der Waals surface area (Å²) in [7, 11) is -2.69. The number of hydrogen-bond donors (Lipinski definition) is 1. The minimum atomic E-state index is -2.69. The number of hydrogen-bond acceptors (Lipinski definition) is 4. The van der Waals surface area contributed by atoms with Crippen molar-refractivity contribution >= 4 is 22.5 Å². The molecule has 1 aliphatic rings. The van der Waals surface area contributed by atoms with Gasteiger partial charge in [0.25, 0.3) is 11.8 Å². The van der Waals surface area contributed by atoms with E-state index in [9.17, 15) is 18.0 Å². The summed E-state index contributed by atoms with van der Waals surface area (Å²) in [6, 6.07) is 12.8. The van der Waals surface area contributed by atoms with Crippen LogP contribution in [0, 0.1) is 0 Å². The van der Waals surface area contributed by atoms with Crippen LogP contribution < -0.4 is 0 Å². The molecule has 0 N–H and O–H groups in total. The van der Waals surface area contributed by atoms with Crippen LogP contribution in [0.15, 0.2) is 53.4 Å². The minimum absolute atomic E-state index is 0.0589. The molecule has 0 spiro atoms. The number of rotatable bonds is 3. The van der Waals surface area contributed by atoms with E-state index in [1.54, 1.807) is 36.4 Å². The van der Waals surface area contributed by atoms with E-state index < -0.39 is 10.7 Å². The highest BCUT2D eigenvalue weighted by molar-refractivity contribution is 7.72. The SMILES string of the molecule is O=C1c2ccccc2C(=O)N1Cc1cccc([SH](=O)=O)c1. The first-order valence-corrected chi connectivity index (χ1v) is 7.44. The quantitative estimate of drug-likeness (QED) is 0.688. The fourth-order valence-electron chi connectivity index (χ4n) is 2.33. The number of thiol groups is 1. The highest BCUT2D eigenvalue weighted by Crippen LogP contribution is 2.24. The molecule has 0 atom stereocenters. The fraction of sp³-hybridized carbons (Fsp3) is 0.0667. The van der Waals surface area contributed by atoms with E-state index in [2.05, 4.69) is 0 Å². The minimum Gasteiger partial charge on any atom is -0.270 e. The van der Waals surface area contributed by atoms with Crippen molar-refractivity contribution in [1.29, 1.82) is 0 Å². The van der Waals surface area contributed by atoms with E-state index in [-0.39, 0.29) is 23.3 Å². The molecule has 21 heavy (non-hydrogen) atoms. The van der Waals surface area contributed by atoms with Gasteiger partial charge in [0.1, 0.15) is 0 Å². The van der Waals surface area contributed by atoms with Crippen molar-refractivity contribution in [3.8, 4) is 0 Å². The molecular weight excluding hydrogens is 290 g/mol. The second kappa shape index (κ2) is 5.14. The fourth-order valence-corrected chi connectivity index (χ4v) is 2.81. The maximum Gasteiger partial charge on any atom is 0.261 e. The molecule has 3 rings (SSSR count). The Morgan fingerprint density at radius 2 is 1.48 bits per heavy atom. The highest BCUT2D eigenvalue weighted by atomic mass is 32.2. The molecule has 5 nitrogen and oxygen atoms in total. The van der Waals surface area contributed by atoms with Crippen LogP contribution in [-0.2, 0) is 17.2 Å². The molecule has 2 aromatic rings. The van der Waals surface area contributed by atoms with Crippen LogP contribution in [0.25, 0.3) is 0 Å². The molecule has 0 aromatic heterocycles. The Bertz CT molecular complexity index is 783. The molecule has 0 saturated carbocycles. The van der Waals surface area contributed by atoms with Crippen molar-refractivity contribution in [2.75, 3.05) is 0 Å². The summed E-state index contributed by atoms with van der Waals surface area (Å²) in [5, 5.41) is 0. The summed E-state index contributed by atoms with van der Waals surface area (Å²) in [6.07, 6.45) is 0. The number of nitrogens with zero attached hydrogens (tertiary/aromatic N) is 1. The number of carbonyl (C=O) groups excluding carboxylic acids is 2. The molecule has 1 heterocycles. The van der Waals surface area contributed by atoms with E-state index in [1.165, 1.54) is 12.1 Å². The van der Waals surface area contributed by atoms with Gasteiger partial charge in [-0.3, -0.25) is 14.5 Å². The zero-order valence-electron chi connectivity index (χ0n) is 10.9. The maximum absolute atomic E-state index is 12.2. The van der Waals surface area contributed by atoms with Crippen LogP contribution in [0.5, 0.6) is 0 Å². The smallest absolute Gasteiger partial charge is 0.261 e. The summed E-state index contributed by atoms with van der Waals surface area (Å²) < 4.78 is 22.0. The van der Waals surface area contributed by atoms with Crippen LogP contribution in [-0.4, -0.2) is 25.1 Å².